The first kappa shape index (κ1) is 34.6. The largest absolute Gasteiger partial charge is 0.444 e. The molecule has 4 rings (SSSR count). The molecule has 0 radical (unpaired) electrons. The van der Waals surface area contributed by atoms with Crippen LogP contribution in [0.1, 0.15) is 80.5 Å². The number of aliphatic hydroxyl groups excluding tert-OH is 1. The topological polar surface area (TPSA) is 144 Å². The van der Waals surface area contributed by atoms with Gasteiger partial charge in [-0.25, -0.2) is 18.7 Å². The number of aliphatic hydroxyl groups is 1. The highest BCUT2D eigenvalue weighted by Gasteiger charge is 2.21. The van der Waals surface area contributed by atoms with E-state index in [1.165, 1.54) is 16.8 Å². The van der Waals surface area contributed by atoms with Gasteiger partial charge in [-0.15, -0.1) is 0 Å². The quantitative estimate of drug-likeness (QED) is 0.161. The van der Waals surface area contributed by atoms with E-state index >= 15 is 0 Å². The summed E-state index contributed by atoms with van der Waals surface area (Å²) in [5.41, 5.74) is 1.67. The number of benzene rings is 3. The number of nitrogens with zero attached hydrogens (tertiary/aromatic N) is 2. The number of halogens is 1. The lowest BCUT2D eigenvalue weighted by Gasteiger charge is -2.20. The van der Waals surface area contributed by atoms with E-state index in [4.69, 9.17) is 9.47 Å². The van der Waals surface area contributed by atoms with Crippen LogP contribution in [-0.4, -0.2) is 44.2 Å². The van der Waals surface area contributed by atoms with Crippen LogP contribution < -0.4 is 16.0 Å². The minimum atomic E-state index is -1.20. The van der Waals surface area contributed by atoms with E-state index in [0.29, 0.717) is 28.2 Å². The number of carbonyl (C=O) groups excluding carboxylic acids is 3. The van der Waals surface area contributed by atoms with Crippen LogP contribution in [0.4, 0.5) is 25.4 Å². The van der Waals surface area contributed by atoms with E-state index in [0.717, 1.165) is 11.6 Å². The van der Waals surface area contributed by atoms with Crippen LogP contribution >= 0.6 is 0 Å². The molecule has 1 unspecified atom stereocenters. The van der Waals surface area contributed by atoms with Crippen LogP contribution in [0.25, 0.3) is 5.69 Å². The van der Waals surface area contributed by atoms with Gasteiger partial charge in [0.2, 0.25) is 0 Å². The molecular weight excluding hydrogens is 605 g/mol. The molecule has 0 saturated heterocycles. The van der Waals surface area contributed by atoms with Crippen molar-refractivity contribution in [1.29, 1.82) is 0 Å². The van der Waals surface area contributed by atoms with Gasteiger partial charge >= 0.3 is 12.2 Å². The van der Waals surface area contributed by atoms with Crippen LogP contribution in [0.5, 0.6) is 0 Å². The van der Waals surface area contributed by atoms with Gasteiger partial charge in [-0.3, -0.25) is 10.1 Å². The predicted molar refractivity (Wildman–Crippen MR) is 176 cm³/mol. The summed E-state index contributed by atoms with van der Waals surface area (Å²) >= 11 is 0. The Hall–Kier alpha value is -5.23. The summed E-state index contributed by atoms with van der Waals surface area (Å²) in [6, 6.07) is 19.1. The average Bonchev–Trinajstić information content (AvgIpc) is 3.37. The monoisotopic (exact) mass is 645 g/mol. The molecule has 12 heteroatoms. The molecule has 3 amide bonds. The van der Waals surface area contributed by atoms with E-state index in [-0.39, 0.29) is 17.9 Å². The molecule has 3 aromatic carbocycles. The van der Waals surface area contributed by atoms with E-state index in [2.05, 4.69) is 21.0 Å². The third-order valence-electron chi connectivity index (χ3n) is 6.46. The molecule has 0 aliphatic rings. The number of hydrogen-bond donors (Lipinski definition) is 4. The Kier molecular flexibility index (Phi) is 10.3. The number of ether oxygens (including phenoxy) is 2. The molecule has 1 aromatic heterocycles. The Bertz CT molecular complexity index is 1770. The molecule has 1 heterocycles. The van der Waals surface area contributed by atoms with E-state index in [1.807, 2.05) is 6.07 Å². The molecule has 4 aromatic rings. The van der Waals surface area contributed by atoms with Crippen LogP contribution in [0, 0.1) is 12.7 Å². The maximum absolute atomic E-state index is 15.0. The van der Waals surface area contributed by atoms with Crippen molar-refractivity contribution >= 4 is 29.5 Å². The van der Waals surface area contributed by atoms with Gasteiger partial charge in [0.15, 0.2) is 0 Å². The van der Waals surface area contributed by atoms with Crippen molar-refractivity contribution < 1.29 is 33.4 Å². The summed E-state index contributed by atoms with van der Waals surface area (Å²) in [5.74, 6) is -1.33. The number of alkyl carbamates (subject to hydrolysis) is 1. The molecule has 0 aliphatic carbocycles. The molecule has 4 N–H and O–H groups in total. The van der Waals surface area contributed by atoms with Crippen molar-refractivity contribution in [2.75, 3.05) is 10.6 Å². The van der Waals surface area contributed by atoms with E-state index < -0.39 is 41.2 Å². The second-order valence-electron chi connectivity index (χ2n) is 13.0. The fourth-order valence-electron chi connectivity index (χ4n) is 4.54. The van der Waals surface area contributed by atoms with Crippen LogP contribution in [0.2, 0.25) is 0 Å². The van der Waals surface area contributed by atoms with E-state index in [1.54, 1.807) is 97.0 Å². The number of amides is 3. The molecule has 11 nitrogen and oxygen atoms in total. The van der Waals surface area contributed by atoms with Crippen molar-refractivity contribution in [1.82, 2.24) is 15.1 Å². The summed E-state index contributed by atoms with van der Waals surface area (Å²) in [4.78, 5) is 37.8. The number of carbonyl (C=O) groups is 3. The number of anilines is 2. The summed E-state index contributed by atoms with van der Waals surface area (Å²) in [6.07, 6.45) is -2.40. The zero-order valence-electron chi connectivity index (χ0n) is 27.5. The van der Waals surface area contributed by atoms with Crippen LogP contribution in [-0.2, 0) is 16.0 Å². The lowest BCUT2D eigenvalue weighted by atomic mass is 10.0. The molecule has 47 heavy (non-hydrogen) atoms. The standard InChI is InChI=1S/C35H40FN5O6/c1-21-16-29(41(40-21)26-13-8-10-22(17-26)20-37-32(44)46-34(2,3)4)31(43)39-28-19-24(14-15-27(28)36)30(42)23-11-9-12-25(18-23)38-33(45)47-35(5,6)7/h8-19,30,42H,20H2,1-7H3,(H,37,44)(H,38,45)(H,39,43). The lowest BCUT2D eigenvalue weighted by Crippen LogP contribution is -2.32. The SMILES string of the molecule is Cc1cc(C(=O)Nc2cc(C(O)c3cccc(NC(=O)OC(C)(C)C)c3)ccc2F)n(-c2cccc(CNC(=O)OC(C)(C)C)c2)n1. The minimum absolute atomic E-state index is 0.143. The Morgan fingerprint density at radius 2 is 1.51 bits per heavy atom. The third-order valence-corrected chi connectivity index (χ3v) is 6.46. The van der Waals surface area contributed by atoms with Crippen LogP contribution in [0.3, 0.4) is 0 Å². The summed E-state index contributed by atoms with van der Waals surface area (Å²) < 4.78 is 27.0. The smallest absolute Gasteiger partial charge is 0.412 e. The minimum Gasteiger partial charge on any atom is -0.444 e. The van der Waals surface area contributed by atoms with Gasteiger partial charge in [0.1, 0.15) is 28.8 Å². The summed E-state index contributed by atoms with van der Waals surface area (Å²) in [5, 5.41) is 23.5. The first-order chi connectivity index (χ1) is 22.0. The molecule has 1 atom stereocenters. The average molecular weight is 646 g/mol. The number of aromatic nitrogens is 2. The lowest BCUT2D eigenvalue weighted by molar-refractivity contribution is 0.0522. The highest BCUT2D eigenvalue weighted by molar-refractivity contribution is 6.03. The maximum Gasteiger partial charge on any atom is 0.412 e. The van der Waals surface area contributed by atoms with Gasteiger partial charge < -0.3 is 25.2 Å². The molecule has 0 aliphatic heterocycles. The van der Waals surface area contributed by atoms with Gasteiger partial charge in [0.25, 0.3) is 5.91 Å². The second kappa shape index (κ2) is 14.0. The molecule has 248 valence electrons. The number of nitrogens with one attached hydrogen (secondary N) is 3. The van der Waals surface area contributed by atoms with E-state index in [9.17, 15) is 23.9 Å². The molecular formula is C35H40FN5O6. The highest BCUT2D eigenvalue weighted by atomic mass is 19.1. The molecule has 0 spiro atoms. The van der Waals surface area contributed by atoms with Crippen LogP contribution in [0.15, 0.2) is 72.8 Å². The summed E-state index contributed by atoms with van der Waals surface area (Å²) in [7, 11) is 0. The first-order valence-electron chi connectivity index (χ1n) is 15.0. The van der Waals surface area contributed by atoms with Gasteiger partial charge in [-0.05, 0) is 108 Å². The van der Waals surface area contributed by atoms with Gasteiger partial charge in [-0.2, -0.15) is 5.10 Å². The van der Waals surface area contributed by atoms with Crippen molar-refractivity contribution in [2.45, 2.75) is 72.3 Å². The van der Waals surface area contributed by atoms with Crippen molar-refractivity contribution in [2.24, 2.45) is 0 Å². The fourth-order valence-corrected chi connectivity index (χ4v) is 4.54. The zero-order chi connectivity index (χ0) is 34.5. The normalized spacial score (nSPS) is 12.2. The fraction of sp³-hybridized carbons (Fsp3) is 0.314. The number of aryl methyl sites for hydroxylation is 1. The zero-order valence-corrected chi connectivity index (χ0v) is 27.5. The van der Waals surface area contributed by atoms with Gasteiger partial charge in [-0.1, -0.05) is 30.3 Å². The Morgan fingerprint density at radius 3 is 2.21 bits per heavy atom. The second-order valence-corrected chi connectivity index (χ2v) is 13.0. The third kappa shape index (κ3) is 9.88. The first-order valence-corrected chi connectivity index (χ1v) is 15.0. The van der Waals surface area contributed by atoms with Gasteiger partial charge in [0, 0.05) is 12.2 Å². The molecule has 0 fully saturated rings. The Balaban J connectivity index is 1.51. The van der Waals surface area contributed by atoms with Crippen molar-refractivity contribution in [3.05, 3.63) is 107 Å². The maximum atomic E-state index is 15.0. The van der Waals surface area contributed by atoms with Gasteiger partial charge in [0.05, 0.1) is 17.1 Å². The summed E-state index contributed by atoms with van der Waals surface area (Å²) in [6.45, 7) is 12.5. The highest BCUT2D eigenvalue weighted by Crippen LogP contribution is 2.28. The molecule has 0 saturated carbocycles. The molecule has 0 bridgehead atoms. The number of hydrogen-bond acceptors (Lipinski definition) is 7. The Labute approximate surface area is 273 Å². The predicted octanol–water partition coefficient (Wildman–Crippen LogP) is 7.03. The number of rotatable bonds is 8. The Morgan fingerprint density at radius 1 is 0.851 bits per heavy atom. The van der Waals surface area contributed by atoms with Crippen molar-refractivity contribution in [3.63, 3.8) is 0 Å². The van der Waals surface area contributed by atoms with Crippen molar-refractivity contribution in [3.8, 4) is 5.69 Å².